The number of aromatic nitrogens is 1. The van der Waals surface area contributed by atoms with Gasteiger partial charge < -0.3 is 4.74 Å². The molecule has 2 rings (SSSR count). The third-order valence-corrected chi connectivity index (χ3v) is 3.86. The van der Waals surface area contributed by atoms with Crippen LogP contribution in [0.15, 0.2) is 34.9 Å². The summed E-state index contributed by atoms with van der Waals surface area (Å²) in [5.41, 5.74) is 3.50. The Hall–Kier alpha value is -1.35. The Morgan fingerprint density at radius 3 is 2.53 bits per heavy atom. The van der Waals surface area contributed by atoms with Crippen molar-refractivity contribution in [3.63, 3.8) is 0 Å². The van der Waals surface area contributed by atoms with Crippen LogP contribution >= 0.6 is 15.9 Å². The van der Waals surface area contributed by atoms with E-state index >= 15 is 0 Å². The molecule has 0 atom stereocenters. The van der Waals surface area contributed by atoms with E-state index in [2.05, 4.69) is 59.9 Å². The van der Waals surface area contributed by atoms with Crippen molar-refractivity contribution >= 4 is 15.9 Å². The summed E-state index contributed by atoms with van der Waals surface area (Å²) in [6, 6.07) is 8.24. The molecule has 0 aliphatic rings. The molecule has 0 aliphatic heterocycles. The van der Waals surface area contributed by atoms with Gasteiger partial charge in [0, 0.05) is 16.7 Å². The molecule has 0 saturated carbocycles. The van der Waals surface area contributed by atoms with Crippen molar-refractivity contribution < 1.29 is 4.74 Å². The summed E-state index contributed by atoms with van der Waals surface area (Å²) in [5, 5.41) is 0. The van der Waals surface area contributed by atoms with Gasteiger partial charge in [-0.1, -0.05) is 26.0 Å². The summed E-state index contributed by atoms with van der Waals surface area (Å²) in [6.45, 7) is 8.42. The van der Waals surface area contributed by atoms with Crippen LogP contribution in [0.5, 0.6) is 11.6 Å². The summed E-state index contributed by atoms with van der Waals surface area (Å²) in [7, 11) is 0. The fourth-order valence-electron chi connectivity index (χ4n) is 1.89. The lowest BCUT2D eigenvalue weighted by atomic mass is 10.0. The zero-order valence-corrected chi connectivity index (χ0v) is 13.3. The molecule has 2 aromatic rings. The third-order valence-electron chi connectivity index (χ3n) is 3.03. The van der Waals surface area contributed by atoms with E-state index < -0.39 is 0 Å². The SMILES string of the molecule is Cc1ccc(C(C)C)c(Oc2cc(C)c(Br)cn2)c1. The highest BCUT2D eigenvalue weighted by molar-refractivity contribution is 9.10. The molecule has 0 spiro atoms. The van der Waals surface area contributed by atoms with Crippen LogP contribution in [0.4, 0.5) is 0 Å². The molecular weight excluding hydrogens is 302 g/mol. The first-order valence-electron chi connectivity index (χ1n) is 6.38. The van der Waals surface area contributed by atoms with Crippen molar-refractivity contribution in [2.24, 2.45) is 0 Å². The first kappa shape index (κ1) is 14.1. The van der Waals surface area contributed by atoms with E-state index in [0.29, 0.717) is 11.8 Å². The van der Waals surface area contributed by atoms with Gasteiger partial charge in [0.05, 0.1) is 0 Å². The van der Waals surface area contributed by atoms with Crippen molar-refractivity contribution in [3.8, 4) is 11.6 Å². The predicted molar refractivity (Wildman–Crippen MR) is 82.0 cm³/mol. The van der Waals surface area contributed by atoms with Crippen molar-refractivity contribution in [1.82, 2.24) is 4.98 Å². The maximum atomic E-state index is 5.96. The second-order valence-electron chi connectivity index (χ2n) is 5.07. The molecule has 0 bridgehead atoms. The number of pyridine rings is 1. The van der Waals surface area contributed by atoms with Crippen LogP contribution < -0.4 is 4.74 Å². The summed E-state index contributed by atoms with van der Waals surface area (Å²) in [5.74, 6) is 1.95. The molecular formula is C16H18BrNO. The number of nitrogens with zero attached hydrogens (tertiary/aromatic N) is 1. The van der Waals surface area contributed by atoms with Gasteiger partial charge in [-0.15, -0.1) is 0 Å². The average molecular weight is 320 g/mol. The molecule has 0 saturated heterocycles. The van der Waals surface area contributed by atoms with E-state index in [0.717, 1.165) is 15.8 Å². The highest BCUT2D eigenvalue weighted by Gasteiger charge is 2.10. The monoisotopic (exact) mass is 319 g/mol. The first-order valence-corrected chi connectivity index (χ1v) is 7.17. The summed E-state index contributed by atoms with van der Waals surface area (Å²) in [4.78, 5) is 4.30. The minimum Gasteiger partial charge on any atom is -0.439 e. The smallest absolute Gasteiger partial charge is 0.219 e. The molecule has 2 nitrogen and oxygen atoms in total. The second kappa shape index (κ2) is 5.74. The standard InChI is InChI=1S/C16H18BrNO/c1-10(2)13-6-5-11(3)7-15(13)19-16-8-12(4)14(17)9-18-16/h5-10H,1-4H3. The first-order chi connectivity index (χ1) is 8.97. The van der Waals surface area contributed by atoms with Gasteiger partial charge >= 0.3 is 0 Å². The Morgan fingerprint density at radius 2 is 1.89 bits per heavy atom. The van der Waals surface area contributed by atoms with E-state index in [1.807, 2.05) is 13.0 Å². The Bertz CT molecular complexity index is 593. The number of hydrogen-bond donors (Lipinski definition) is 0. The van der Waals surface area contributed by atoms with Gasteiger partial charge in [0.25, 0.3) is 0 Å². The topological polar surface area (TPSA) is 22.1 Å². The minimum absolute atomic E-state index is 0.423. The Labute approximate surface area is 123 Å². The molecule has 3 heteroatoms. The fraction of sp³-hybridized carbons (Fsp3) is 0.312. The van der Waals surface area contributed by atoms with Crippen LogP contribution in [0.2, 0.25) is 0 Å². The van der Waals surface area contributed by atoms with E-state index in [4.69, 9.17) is 4.74 Å². The van der Waals surface area contributed by atoms with Crippen molar-refractivity contribution in [2.45, 2.75) is 33.6 Å². The van der Waals surface area contributed by atoms with Crippen LogP contribution in [0.1, 0.15) is 36.5 Å². The lowest BCUT2D eigenvalue weighted by Gasteiger charge is -2.14. The molecule has 1 aromatic heterocycles. The summed E-state index contributed by atoms with van der Waals surface area (Å²) < 4.78 is 6.95. The second-order valence-corrected chi connectivity index (χ2v) is 5.92. The van der Waals surface area contributed by atoms with Crippen LogP contribution in [0, 0.1) is 13.8 Å². The molecule has 0 radical (unpaired) electrons. The Kier molecular flexibility index (Phi) is 4.25. The van der Waals surface area contributed by atoms with Crippen LogP contribution in [-0.2, 0) is 0 Å². The van der Waals surface area contributed by atoms with E-state index in [1.54, 1.807) is 6.20 Å². The average Bonchev–Trinajstić information content (AvgIpc) is 2.33. The molecule has 0 aliphatic carbocycles. The number of aryl methyl sites for hydroxylation is 2. The molecule has 0 N–H and O–H groups in total. The van der Waals surface area contributed by atoms with Gasteiger partial charge in [0.15, 0.2) is 0 Å². The van der Waals surface area contributed by atoms with Crippen molar-refractivity contribution in [3.05, 3.63) is 51.6 Å². The van der Waals surface area contributed by atoms with Gasteiger partial charge in [-0.25, -0.2) is 4.98 Å². The largest absolute Gasteiger partial charge is 0.439 e. The van der Waals surface area contributed by atoms with Gasteiger partial charge in [0.1, 0.15) is 5.75 Å². The number of hydrogen-bond acceptors (Lipinski definition) is 2. The predicted octanol–water partition coefficient (Wildman–Crippen LogP) is 5.38. The maximum absolute atomic E-state index is 5.96. The van der Waals surface area contributed by atoms with Crippen molar-refractivity contribution in [2.75, 3.05) is 0 Å². The molecule has 0 fully saturated rings. The highest BCUT2D eigenvalue weighted by atomic mass is 79.9. The molecule has 100 valence electrons. The van der Waals surface area contributed by atoms with Gasteiger partial charge in [0.2, 0.25) is 5.88 Å². The van der Waals surface area contributed by atoms with Crippen molar-refractivity contribution in [1.29, 1.82) is 0 Å². The Balaban J connectivity index is 2.36. The molecule has 1 aromatic carbocycles. The zero-order chi connectivity index (χ0) is 14.0. The number of ether oxygens (including phenoxy) is 1. The van der Waals surface area contributed by atoms with Gasteiger partial charge in [-0.2, -0.15) is 0 Å². The molecule has 0 amide bonds. The quantitative estimate of drug-likeness (QED) is 0.758. The maximum Gasteiger partial charge on any atom is 0.219 e. The zero-order valence-electron chi connectivity index (χ0n) is 11.7. The minimum atomic E-state index is 0.423. The Morgan fingerprint density at radius 1 is 1.16 bits per heavy atom. The molecule has 1 heterocycles. The normalized spacial score (nSPS) is 10.8. The van der Waals surface area contributed by atoms with Crippen LogP contribution in [0.25, 0.3) is 0 Å². The van der Waals surface area contributed by atoms with Gasteiger partial charge in [-0.05, 0) is 58.5 Å². The number of rotatable bonds is 3. The van der Waals surface area contributed by atoms with E-state index in [1.165, 1.54) is 11.1 Å². The summed E-state index contributed by atoms with van der Waals surface area (Å²) in [6.07, 6.45) is 1.77. The lowest BCUT2D eigenvalue weighted by Crippen LogP contribution is -1.96. The van der Waals surface area contributed by atoms with E-state index in [9.17, 15) is 0 Å². The summed E-state index contributed by atoms with van der Waals surface area (Å²) >= 11 is 3.45. The number of halogens is 1. The number of benzene rings is 1. The van der Waals surface area contributed by atoms with E-state index in [-0.39, 0.29) is 0 Å². The van der Waals surface area contributed by atoms with Gasteiger partial charge in [-0.3, -0.25) is 0 Å². The molecule has 0 unspecified atom stereocenters. The third kappa shape index (κ3) is 3.35. The fourth-order valence-corrected chi connectivity index (χ4v) is 2.11. The lowest BCUT2D eigenvalue weighted by molar-refractivity contribution is 0.453. The van der Waals surface area contributed by atoms with Crippen LogP contribution in [-0.4, -0.2) is 4.98 Å². The van der Waals surface area contributed by atoms with Crippen LogP contribution in [0.3, 0.4) is 0 Å². The highest BCUT2D eigenvalue weighted by Crippen LogP contribution is 2.31. The molecule has 19 heavy (non-hydrogen) atoms.